The Balaban J connectivity index is 2.10. The quantitative estimate of drug-likeness (QED) is 0.720. The number of halogens is 1. The molecule has 2 aromatic rings. The molecule has 1 unspecified atom stereocenters. The molecule has 1 fully saturated rings. The highest BCUT2D eigenvalue weighted by Gasteiger charge is 2.28. The van der Waals surface area contributed by atoms with Crippen LogP contribution in [0, 0.1) is 5.92 Å². The van der Waals surface area contributed by atoms with Gasteiger partial charge in [0.05, 0.1) is 11.4 Å². The smallest absolute Gasteiger partial charge is 0.263 e. The van der Waals surface area contributed by atoms with Gasteiger partial charge in [-0.05, 0) is 48.3 Å². The van der Waals surface area contributed by atoms with Gasteiger partial charge in [-0.15, -0.1) is 0 Å². The first kappa shape index (κ1) is 20.4. The van der Waals surface area contributed by atoms with Gasteiger partial charge in [-0.25, -0.2) is 9.97 Å². The lowest BCUT2D eigenvalue weighted by Crippen LogP contribution is -2.38. The molecule has 27 heavy (non-hydrogen) atoms. The SMILES string of the molecule is CCCC(c1nc2ncc(Br)cc2c(=O)n1CC)N1CCN(C)C[C@H](C)C1. The van der Waals surface area contributed by atoms with E-state index in [1.54, 1.807) is 6.20 Å². The van der Waals surface area contributed by atoms with E-state index in [4.69, 9.17) is 4.98 Å². The first-order valence-corrected chi connectivity index (χ1v) is 10.7. The first-order chi connectivity index (χ1) is 12.9. The van der Waals surface area contributed by atoms with Crippen LogP contribution >= 0.6 is 15.9 Å². The van der Waals surface area contributed by atoms with Crippen molar-refractivity contribution in [3.05, 3.63) is 32.9 Å². The van der Waals surface area contributed by atoms with E-state index >= 15 is 0 Å². The number of hydrogen-bond donors (Lipinski definition) is 0. The molecule has 0 aliphatic carbocycles. The van der Waals surface area contributed by atoms with Gasteiger partial charge in [-0.2, -0.15) is 0 Å². The molecule has 0 spiro atoms. The van der Waals surface area contributed by atoms with Crippen LogP contribution < -0.4 is 5.56 Å². The van der Waals surface area contributed by atoms with Gasteiger partial charge in [-0.1, -0.05) is 20.3 Å². The van der Waals surface area contributed by atoms with E-state index in [1.807, 2.05) is 17.6 Å². The molecular formula is C20H30BrN5O. The largest absolute Gasteiger partial charge is 0.305 e. The molecule has 6 nitrogen and oxygen atoms in total. The Morgan fingerprint density at radius 3 is 2.78 bits per heavy atom. The molecule has 3 rings (SSSR count). The highest BCUT2D eigenvalue weighted by atomic mass is 79.9. The Morgan fingerprint density at radius 1 is 1.30 bits per heavy atom. The van der Waals surface area contributed by atoms with Crippen LogP contribution in [0.25, 0.3) is 11.0 Å². The maximum atomic E-state index is 13.1. The van der Waals surface area contributed by atoms with Crippen molar-refractivity contribution in [2.75, 3.05) is 33.2 Å². The predicted octanol–water partition coefficient (Wildman–Crippen LogP) is 3.30. The molecule has 0 N–H and O–H groups in total. The van der Waals surface area contributed by atoms with E-state index in [0.717, 1.165) is 49.3 Å². The Labute approximate surface area is 169 Å². The minimum atomic E-state index is 0.00684. The monoisotopic (exact) mass is 435 g/mol. The van der Waals surface area contributed by atoms with Gasteiger partial charge in [0.1, 0.15) is 5.82 Å². The number of likely N-dealkylation sites (N-methyl/N-ethyl adjacent to an activating group) is 1. The zero-order valence-corrected chi connectivity index (χ0v) is 18.4. The van der Waals surface area contributed by atoms with Crippen molar-refractivity contribution in [1.29, 1.82) is 0 Å². The molecule has 1 saturated heterocycles. The summed E-state index contributed by atoms with van der Waals surface area (Å²) in [4.78, 5) is 27.4. The number of rotatable bonds is 5. The minimum Gasteiger partial charge on any atom is -0.305 e. The summed E-state index contributed by atoms with van der Waals surface area (Å²) in [5.41, 5.74) is 0.552. The zero-order valence-electron chi connectivity index (χ0n) is 16.8. The number of pyridine rings is 1. The lowest BCUT2D eigenvalue weighted by atomic mass is 10.1. The number of fused-ring (bicyclic) bond motifs is 1. The molecule has 0 radical (unpaired) electrons. The van der Waals surface area contributed by atoms with Gasteiger partial charge < -0.3 is 4.90 Å². The normalized spacial score (nSPS) is 20.7. The Morgan fingerprint density at radius 2 is 2.07 bits per heavy atom. The van der Waals surface area contributed by atoms with Crippen LogP contribution in [0.5, 0.6) is 0 Å². The summed E-state index contributed by atoms with van der Waals surface area (Å²) in [6, 6.07) is 1.97. The lowest BCUT2D eigenvalue weighted by Gasteiger charge is -2.32. The van der Waals surface area contributed by atoms with E-state index in [1.165, 1.54) is 0 Å². The van der Waals surface area contributed by atoms with Crippen molar-refractivity contribution < 1.29 is 0 Å². The second-order valence-electron chi connectivity index (χ2n) is 7.71. The molecular weight excluding hydrogens is 406 g/mol. The van der Waals surface area contributed by atoms with Crippen LogP contribution in [0.3, 0.4) is 0 Å². The van der Waals surface area contributed by atoms with E-state index in [9.17, 15) is 4.79 Å². The lowest BCUT2D eigenvalue weighted by molar-refractivity contribution is 0.167. The maximum absolute atomic E-state index is 13.1. The van der Waals surface area contributed by atoms with Crippen molar-refractivity contribution in [3.63, 3.8) is 0 Å². The first-order valence-electron chi connectivity index (χ1n) is 9.93. The number of nitrogens with zero attached hydrogens (tertiary/aromatic N) is 5. The maximum Gasteiger partial charge on any atom is 0.263 e. The topological polar surface area (TPSA) is 54.3 Å². The highest BCUT2D eigenvalue weighted by Crippen LogP contribution is 2.27. The molecule has 0 bridgehead atoms. The van der Waals surface area contributed by atoms with Crippen LogP contribution in [0.15, 0.2) is 21.5 Å². The van der Waals surface area contributed by atoms with Crippen molar-refractivity contribution >= 4 is 27.0 Å². The van der Waals surface area contributed by atoms with E-state index in [-0.39, 0.29) is 11.6 Å². The third-order valence-electron chi connectivity index (χ3n) is 5.36. The summed E-state index contributed by atoms with van der Waals surface area (Å²) in [6.07, 6.45) is 3.76. The summed E-state index contributed by atoms with van der Waals surface area (Å²) >= 11 is 3.42. The molecule has 3 heterocycles. The fourth-order valence-corrected chi connectivity index (χ4v) is 4.49. The minimum absolute atomic E-state index is 0.00684. The standard InChI is InChI=1S/C20H30BrN5O/c1-5-7-17(25-9-8-24(4)12-14(3)13-25)19-23-18-16(10-15(21)11-22-18)20(27)26(19)6-2/h10-11,14,17H,5-9,12-13H2,1-4H3/t14-,17?/m0/s1. The second kappa shape index (κ2) is 8.80. The number of aromatic nitrogens is 3. The molecule has 0 amide bonds. The molecule has 7 heteroatoms. The fourth-order valence-electron chi connectivity index (χ4n) is 4.16. The van der Waals surface area contributed by atoms with Crippen molar-refractivity contribution in [1.82, 2.24) is 24.3 Å². The molecule has 148 valence electrons. The average molecular weight is 436 g/mol. The summed E-state index contributed by atoms with van der Waals surface area (Å²) in [7, 11) is 2.19. The van der Waals surface area contributed by atoms with E-state index in [0.29, 0.717) is 23.5 Å². The third kappa shape index (κ3) is 4.41. The summed E-state index contributed by atoms with van der Waals surface area (Å²) < 4.78 is 2.65. The van der Waals surface area contributed by atoms with Gasteiger partial charge in [-0.3, -0.25) is 14.3 Å². The second-order valence-corrected chi connectivity index (χ2v) is 8.63. The van der Waals surface area contributed by atoms with Crippen molar-refractivity contribution in [2.24, 2.45) is 5.92 Å². The number of hydrogen-bond acceptors (Lipinski definition) is 5. The average Bonchev–Trinajstić information content (AvgIpc) is 2.80. The molecule has 2 aromatic heterocycles. The van der Waals surface area contributed by atoms with Crippen LogP contribution in [-0.2, 0) is 6.54 Å². The molecule has 1 aliphatic rings. The zero-order chi connectivity index (χ0) is 19.6. The Hall–Kier alpha value is -1.31. The van der Waals surface area contributed by atoms with Crippen LogP contribution in [0.2, 0.25) is 0 Å². The van der Waals surface area contributed by atoms with Gasteiger partial charge in [0.25, 0.3) is 5.56 Å². The van der Waals surface area contributed by atoms with Gasteiger partial charge >= 0.3 is 0 Å². The fraction of sp³-hybridized carbons (Fsp3) is 0.650. The Kier molecular flexibility index (Phi) is 6.65. The Bertz CT molecular complexity index is 852. The van der Waals surface area contributed by atoms with Crippen LogP contribution in [-0.4, -0.2) is 57.6 Å². The van der Waals surface area contributed by atoms with E-state index in [2.05, 4.69) is 51.6 Å². The predicted molar refractivity (Wildman–Crippen MR) is 113 cm³/mol. The van der Waals surface area contributed by atoms with E-state index < -0.39 is 0 Å². The molecule has 0 saturated carbocycles. The molecule has 2 atom stereocenters. The van der Waals surface area contributed by atoms with Crippen molar-refractivity contribution in [3.8, 4) is 0 Å². The van der Waals surface area contributed by atoms with Crippen LogP contribution in [0.4, 0.5) is 0 Å². The van der Waals surface area contributed by atoms with Crippen molar-refractivity contribution in [2.45, 2.75) is 46.2 Å². The van der Waals surface area contributed by atoms with Gasteiger partial charge in [0, 0.05) is 43.4 Å². The summed E-state index contributed by atoms with van der Waals surface area (Å²) in [6.45, 7) is 11.3. The van der Waals surface area contributed by atoms with Gasteiger partial charge in [0.15, 0.2) is 5.65 Å². The van der Waals surface area contributed by atoms with Gasteiger partial charge in [0.2, 0.25) is 0 Å². The third-order valence-corrected chi connectivity index (χ3v) is 5.80. The van der Waals surface area contributed by atoms with Crippen LogP contribution in [0.1, 0.15) is 45.5 Å². The summed E-state index contributed by atoms with van der Waals surface area (Å²) in [5.74, 6) is 1.46. The molecule has 1 aliphatic heterocycles. The highest BCUT2D eigenvalue weighted by molar-refractivity contribution is 9.10. The summed E-state index contributed by atoms with van der Waals surface area (Å²) in [5, 5.41) is 0.578. The molecule has 0 aromatic carbocycles.